The van der Waals surface area contributed by atoms with Crippen LogP contribution in [0.1, 0.15) is 44.2 Å². The van der Waals surface area contributed by atoms with Gasteiger partial charge in [-0.1, -0.05) is 25.5 Å². The molecule has 0 saturated heterocycles. The number of nitrogens with one attached hydrogen (secondary N) is 1. The lowest BCUT2D eigenvalue weighted by Gasteiger charge is -2.25. The zero-order valence-corrected chi connectivity index (χ0v) is 12.1. The van der Waals surface area contributed by atoms with Gasteiger partial charge in [0.1, 0.15) is 0 Å². The number of hydrogen-bond acceptors (Lipinski definition) is 3. The van der Waals surface area contributed by atoms with Crippen LogP contribution in [-0.2, 0) is 10.0 Å². The van der Waals surface area contributed by atoms with Gasteiger partial charge in [-0.05, 0) is 42.9 Å². The highest BCUT2D eigenvalue weighted by Crippen LogP contribution is 2.26. The molecule has 106 valence electrons. The summed E-state index contributed by atoms with van der Waals surface area (Å²) in [7, 11) is -3.40. The van der Waals surface area contributed by atoms with E-state index in [-0.39, 0.29) is 6.04 Å². The van der Waals surface area contributed by atoms with Crippen LogP contribution in [0.3, 0.4) is 0 Å². The van der Waals surface area contributed by atoms with Gasteiger partial charge in [-0.15, -0.1) is 0 Å². The van der Waals surface area contributed by atoms with E-state index in [1.165, 1.54) is 6.42 Å². The molecule has 19 heavy (non-hydrogen) atoms. The lowest BCUT2D eigenvalue weighted by Crippen LogP contribution is -2.32. The van der Waals surface area contributed by atoms with Crippen molar-refractivity contribution in [2.75, 3.05) is 6.54 Å². The quantitative estimate of drug-likeness (QED) is 0.840. The minimum atomic E-state index is -3.40. The summed E-state index contributed by atoms with van der Waals surface area (Å²) in [6.45, 7) is 2.53. The standard InChI is InChI=1S/C14H22N2O2S/c1-2-14(15)12-7-4-8-13(9-12)19(17,18)16-10-11-5-3-6-11/h4,7-9,11,14,16H,2-3,5-6,10,15H2,1H3. The minimum absolute atomic E-state index is 0.109. The second-order valence-corrected chi connectivity index (χ2v) is 7.00. The lowest BCUT2D eigenvalue weighted by atomic mass is 9.86. The van der Waals surface area contributed by atoms with Crippen molar-refractivity contribution in [3.05, 3.63) is 29.8 Å². The van der Waals surface area contributed by atoms with E-state index in [2.05, 4.69) is 4.72 Å². The van der Waals surface area contributed by atoms with Gasteiger partial charge >= 0.3 is 0 Å². The Kier molecular flexibility index (Phi) is 4.60. The minimum Gasteiger partial charge on any atom is -0.324 e. The number of benzene rings is 1. The van der Waals surface area contributed by atoms with Crippen LogP contribution in [0.15, 0.2) is 29.2 Å². The van der Waals surface area contributed by atoms with Crippen LogP contribution in [0, 0.1) is 5.92 Å². The third kappa shape index (κ3) is 3.55. The van der Waals surface area contributed by atoms with Gasteiger partial charge in [-0.3, -0.25) is 0 Å². The number of sulfonamides is 1. The van der Waals surface area contributed by atoms with Crippen molar-refractivity contribution in [3.63, 3.8) is 0 Å². The van der Waals surface area contributed by atoms with Gasteiger partial charge in [-0.2, -0.15) is 0 Å². The SMILES string of the molecule is CCC(N)c1cccc(S(=O)(=O)NCC2CCC2)c1. The van der Waals surface area contributed by atoms with Crippen LogP contribution in [0.2, 0.25) is 0 Å². The van der Waals surface area contributed by atoms with Crippen molar-refractivity contribution in [1.82, 2.24) is 4.72 Å². The Morgan fingerprint density at radius 2 is 2.16 bits per heavy atom. The summed E-state index contributed by atoms with van der Waals surface area (Å²) in [4.78, 5) is 0.313. The zero-order valence-electron chi connectivity index (χ0n) is 11.3. The Morgan fingerprint density at radius 1 is 1.42 bits per heavy atom. The molecule has 1 unspecified atom stereocenters. The first-order chi connectivity index (χ1) is 9.03. The molecule has 0 amide bonds. The summed E-state index contributed by atoms with van der Waals surface area (Å²) in [5.41, 5.74) is 6.81. The van der Waals surface area contributed by atoms with E-state index in [4.69, 9.17) is 5.73 Å². The summed E-state index contributed by atoms with van der Waals surface area (Å²) < 4.78 is 27.1. The third-order valence-electron chi connectivity index (χ3n) is 3.82. The molecule has 0 spiro atoms. The van der Waals surface area contributed by atoms with Gasteiger partial charge < -0.3 is 5.73 Å². The van der Waals surface area contributed by atoms with Gasteiger partial charge in [0, 0.05) is 12.6 Å². The topological polar surface area (TPSA) is 72.2 Å². The van der Waals surface area contributed by atoms with Gasteiger partial charge in [0.15, 0.2) is 0 Å². The van der Waals surface area contributed by atoms with Crippen LogP contribution in [-0.4, -0.2) is 15.0 Å². The third-order valence-corrected chi connectivity index (χ3v) is 5.24. The molecule has 0 aromatic heterocycles. The molecule has 1 saturated carbocycles. The predicted molar refractivity (Wildman–Crippen MR) is 76.2 cm³/mol. The molecule has 1 aromatic rings. The smallest absolute Gasteiger partial charge is 0.240 e. The molecule has 1 aliphatic carbocycles. The summed E-state index contributed by atoms with van der Waals surface area (Å²) in [5, 5.41) is 0. The van der Waals surface area contributed by atoms with Crippen molar-refractivity contribution in [3.8, 4) is 0 Å². The maximum Gasteiger partial charge on any atom is 0.240 e. The average molecular weight is 282 g/mol. The van der Waals surface area contributed by atoms with Crippen LogP contribution >= 0.6 is 0 Å². The largest absolute Gasteiger partial charge is 0.324 e. The Labute approximate surface area is 115 Å². The first-order valence-corrected chi connectivity index (χ1v) is 8.36. The van der Waals surface area contributed by atoms with Gasteiger partial charge in [-0.25, -0.2) is 13.1 Å². The lowest BCUT2D eigenvalue weighted by molar-refractivity contribution is 0.316. The van der Waals surface area contributed by atoms with Gasteiger partial charge in [0.05, 0.1) is 4.90 Å². The highest BCUT2D eigenvalue weighted by molar-refractivity contribution is 7.89. The van der Waals surface area contributed by atoms with Crippen molar-refractivity contribution in [1.29, 1.82) is 0 Å². The molecule has 2 rings (SSSR count). The van der Waals surface area contributed by atoms with Crippen LogP contribution in [0.4, 0.5) is 0 Å². The van der Waals surface area contributed by atoms with E-state index in [0.717, 1.165) is 24.8 Å². The Balaban J connectivity index is 2.10. The van der Waals surface area contributed by atoms with Gasteiger partial charge in [0.2, 0.25) is 10.0 Å². The van der Waals surface area contributed by atoms with Crippen LogP contribution in [0.25, 0.3) is 0 Å². The molecule has 0 radical (unpaired) electrons. The zero-order chi connectivity index (χ0) is 13.9. The van der Waals surface area contributed by atoms with Crippen molar-refractivity contribution >= 4 is 10.0 Å². The molecule has 0 bridgehead atoms. The molecule has 1 aliphatic rings. The number of nitrogens with two attached hydrogens (primary N) is 1. The van der Waals surface area contributed by atoms with E-state index in [9.17, 15) is 8.42 Å². The fourth-order valence-electron chi connectivity index (χ4n) is 2.16. The van der Waals surface area contributed by atoms with E-state index in [1.54, 1.807) is 18.2 Å². The maximum absolute atomic E-state index is 12.2. The Hall–Kier alpha value is -0.910. The molecule has 1 atom stereocenters. The molecule has 1 aromatic carbocycles. The summed E-state index contributed by atoms with van der Waals surface area (Å²) in [6, 6.07) is 6.82. The second kappa shape index (κ2) is 6.03. The summed E-state index contributed by atoms with van der Waals surface area (Å²) in [6.07, 6.45) is 4.26. The normalized spacial score (nSPS) is 18.0. The highest BCUT2D eigenvalue weighted by Gasteiger charge is 2.21. The first kappa shape index (κ1) is 14.5. The number of rotatable bonds is 6. The maximum atomic E-state index is 12.2. The fourth-order valence-corrected chi connectivity index (χ4v) is 3.33. The number of hydrogen-bond donors (Lipinski definition) is 2. The van der Waals surface area contributed by atoms with E-state index in [0.29, 0.717) is 17.4 Å². The molecule has 1 fully saturated rings. The predicted octanol–water partition coefficient (Wildman–Crippen LogP) is 2.17. The Morgan fingerprint density at radius 3 is 2.74 bits per heavy atom. The van der Waals surface area contributed by atoms with E-state index in [1.807, 2.05) is 13.0 Å². The van der Waals surface area contributed by atoms with Crippen molar-refractivity contribution in [2.24, 2.45) is 11.7 Å². The fraction of sp³-hybridized carbons (Fsp3) is 0.571. The van der Waals surface area contributed by atoms with E-state index < -0.39 is 10.0 Å². The molecular formula is C14H22N2O2S. The Bertz CT molecular complexity index is 524. The molecule has 4 nitrogen and oxygen atoms in total. The van der Waals surface area contributed by atoms with Crippen LogP contribution < -0.4 is 10.5 Å². The van der Waals surface area contributed by atoms with Gasteiger partial charge in [0.25, 0.3) is 0 Å². The molecule has 3 N–H and O–H groups in total. The average Bonchev–Trinajstić information content (AvgIpc) is 2.36. The summed E-state index contributed by atoms with van der Waals surface area (Å²) >= 11 is 0. The van der Waals surface area contributed by atoms with Crippen molar-refractivity contribution < 1.29 is 8.42 Å². The second-order valence-electron chi connectivity index (χ2n) is 5.24. The summed E-state index contributed by atoms with van der Waals surface area (Å²) in [5.74, 6) is 0.510. The molecular weight excluding hydrogens is 260 g/mol. The molecule has 5 heteroatoms. The van der Waals surface area contributed by atoms with Crippen LogP contribution in [0.5, 0.6) is 0 Å². The first-order valence-electron chi connectivity index (χ1n) is 6.88. The molecule has 0 aliphatic heterocycles. The monoisotopic (exact) mass is 282 g/mol. The highest BCUT2D eigenvalue weighted by atomic mass is 32.2. The van der Waals surface area contributed by atoms with Crippen molar-refractivity contribution in [2.45, 2.75) is 43.5 Å². The van der Waals surface area contributed by atoms with E-state index >= 15 is 0 Å². The molecule has 0 heterocycles.